The van der Waals surface area contributed by atoms with Crippen molar-refractivity contribution in [1.82, 2.24) is 10.2 Å². The number of aryl methyl sites for hydroxylation is 1. The number of nitrogens with zero attached hydrogens (tertiary/aromatic N) is 5. The molecular formula is C17H21F3N6O2S2. The molecule has 3 rings (SSSR count). The van der Waals surface area contributed by atoms with Crippen LogP contribution in [0.4, 0.5) is 35.4 Å². The summed E-state index contributed by atoms with van der Waals surface area (Å²) in [5.41, 5.74) is -2.72. The lowest BCUT2D eigenvalue weighted by molar-refractivity contribution is -0.0429. The predicted molar refractivity (Wildman–Crippen MR) is 109 cm³/mol. The van der Waals surface area contributed by atoms with Crippen LogP contribution in [-0.2, 0) is 16.4 Å². The van der Waals surface area contributed by atoms with E-state index in [0.717, 1.165) is 42.7 Å². The number of benzene rings is 1. The Morgan fingerprint density at radius 3 is 2.60 bits per heavy atom. The standard InChI is InChI=1S/C17H21F3N6O2S2/c1-3-12(4-2)26-7-5-6-11-8-13(22-24-16-23-21-10-29-16)14(9-15(11)26)25-30(27,28)17(18,19)20/h8-10,12,25H,3-7H2,1-2H3. The van der Waals surface area contributed by atoms with Crippen molar-refractivity contribution in [2.45, 2.75) is 51.1 Å². The molecule has 8 nitrogen and oxygen atoms in total. The van der Waals surface area contributed by atoms with E-state index in [1.165, 1.54) is 11.6 Å². The van der Waals surface area contributed by atoms with Gasteiger partial charge in [-0.1, -0.05) is 25.2 Å². The van der Waals surface area contributed by atoms with Crippen LogP contribution in [0.2, 0.25) is 0 Å². The third-order valence-corrected chi connectivity index (χ3v) is 6.55. The Labute approximate surface area is 176 Å². The van der Waals surface area contributed by atoms with Gasteiger partial charge in [0.05, 0.1) is 5.69 Å². The molecule has 1 aromatic heterocycles. The Hall–Kier alpha value is -2.28. The average Bonchev–Trinajstić information content (AvgIpc) is 3.20. The molecule has 0 unspecified atom stereocenters. The first kappa shape index (κ1) is 22.4. The smallest absolute Gasteiger partial charge is 0.368 e. The summed E-state index contributed by atoms with van der Waals surface area (Å²) in [6, 6.07) is 3.21. The number of nitrogens with one attached hydrogen (secondary N) is 1. The molecular weight excluding hydrogens is 441 g/mol. The summed E-state index contributed by atoms with van der Waals surface area (Å²) in [6.45, 7) is 4.83. The highest BCUT2D eigenvalue weighted by Gasteiger charge is 2.46. The van der Waals surface area contributed by atoms with Gasteiger partial charge < -0.3 is 4.90 Å². The Bertz CT molecular complexity index is 1010. The molecule has 1 aliphatic heterocycles. The van der Waals surface area contributed by atoms with E-state index in [9.17, 15) is 21.6 Å². The molecule has 0 spiro atoms. The minimum Gasteiger partial charge on any atom is -0.368 e. The van der Waals surface area contributed by atoms with Crippen LogP contribution in [0.3, 0.4) is 0 Å². The van der Waals surface area contributed by atoms with Crippen molar-refractivity contribution < 1.29 is 21.6 Å². The molecule has 30 heavy (non-hydrogen) atoms. The summed E-state index contributed by atoms with van der Waals surface area (Å²) < 4.78 is 64.1. The third-order valence-electron chi connectivity index (χ3n) is 4.88. The zero-order valence-electron chi connectivity index (χ0n) is 16.3. The van der Waals surface area contributed by atoms with E-state index < -0.39 is 15.5 Å². The summed E-state index contributed by atoms with van der Waals surface area (Å²) in [7, 11) is -5.62. The van der Waals surface area contributed by atoms with Gasteiger partial charge in [-0.3, -0.25) is 4.72 Å². The van der Waals surface area contributed by atoms with Crippen molar-refractivity contribution in [3.63, 3.8) is 0 Å². The normalized spacial score (nSPS) is 15.1. The van der Waals surface area contributed by atoms with Crippen molar-refractivity contribution in [3.05, 3.63) is 23.2 Å². The predicted octanol–water partition coefficient (Wildman–Crippen LogP) is 5.16. The maximum atomic E-state index is 13.0. The van der Waals surface area contributed by atoms with E-state index in [4.69, 9.17) is 0 Å². The van der Waals surface area contributed by atoms with Gasteiger partial charge in [-0.25, -0.2) is 0 Å². The maximum absolute atomic E-state index is 13.0. The van der Waals surface area contributed by atoms with Crippen LogP contribution in [0.1, 0.15) is 38.7 Å². The lowest BCUT2D eigenvalue weighted by atomic mass is 9.97. The molecule has 164 valence electrons. The second kappa shape index (κ2) is 8.84. The Balaban J connectivity index is 2.09. The van der Waals surface area contributed by atoms with Crippen LogP contribution in [0.25, 0.3) is 0 Å². The largest absolute Gasteiger partial charge is 0.516 e. The van der Waals surface area contributed by atoms with Gasteiger partial charge >= 0.3 is 15.5 Å². The topological polar surface area (TPSA) is 99.9 Å². The van der Waals surface area contributed by atoms with Crippen LogP contribution in [0.15, 0.2) is 27.9 Å². The molecule has 0 radical (unpaired) electrons. The van der Waals surface area contributed by atoms with Gasteiger partial charge in [0.15, 0.2) is 0 Å². The molecule has 2 heterocycles. The first-order valence-corrected chi connectivity index (χ1v) is 11.7. The number of sulfonamides is 1. The molecule has 1 aliphatic rings. The lowest BCUT2D eigenvalue weighted by Crippen LogP contribution is -2.38. The van der Waals surface area contributed by atoms with Crippen molar-refractivity contribution in [2.75, 3.05) is 16.2 Å². The van der Waals surface area contributed by atoms with E-state index in [0.29, 0.717) is 12.1 Å². The molecule has 0 fully saturated rings. The Morgan fingerprint density at radius 2 is 2.00 bits per heavy atom. The minimum atomic E-state index is -5.62. The van der Waals surface area contributed by atoms with Crippen LogP contribution < -0.4 is 9.62 Å². The van der Waals surface area contributed by atoms with Gasteiger partial charge in [0.1, 0.15) is 11.2 Å². The van der Waals surface area contributed by atoms with Gasteiger partial charge in [0.25, 0.3) is 5.13 Å². The van der Waals surface area contributed by atoms with Crippen LogP contribution >= 0.6 is 11.3 Å². The van der Waals surface area contributed by atoms with Gasteiger partial charge in [-0.05, 0) is 43.4 Å². The van der Waals surface area contributed by atoms with Crippen molar-refractivity contribution in [3.8, 4) is 0 Å². The summed E-state index contributed by atoms with van der Waals surface area (Å²) >= 11 is 1.09. The molecule has 2 aromatic rings. The zero-order chi connectivity index (χ0) is 21.9. The summed E-state index contributed by atoms with van der Waals surface area (Å²) in [5.74, 6) is 0. The van der Waals surface area contributed by atoms with Crippen LogP contribution in [0.5, 0.6) is 0 Å². The summed E-state index contributed by atoms with van der Waals surface area (Å²) in [4.78, 5) is 2.12. The third kappa shape index (κ3) is 4.72. The van der Waals surface area contributed by atoms with E-state index >= 15 is 0 Å². The molecule has 1 N–H and O–H groups in total. The maximum Gasteiger partial charge on any atom is 0.516 e. The average molecular weight is 463 g/mol. The SMILES string of the molecule is CCC(CC)N1CCCc2cc(N=Nc3nncs3)c(NS(=O)(=O)C(F)(F)F)cc21. The highest BCUT2D eigenvalue weighted by atomic mass is 32.2. The molecule has 0 bridgehead atoms. The highest BCUT2D eigenvalue weighted by Crippen LogP contribution is 2.40. The van der Waals surface area contributed by atoms with Crippen molar-refractivity contribution in [2.24, 2.45) is 10.2 Å². The number of fused-ring (bicyclic) bond motifs is 1. The number of aromatic nitrogens is 2. The zero-order valence-corrected chi connectivity index (χ0v) is 18.0. The molecule has 0 saturated heterocycles. The minimum absolute atomic E-state index is 0.0110. The van der Waals surface area contributed by atoms with Gasteiger partial charge in [0, 0.05) is 18.3 Å². The second-order valence-electron chi connectivity index (χ2n) is 6.74. The first-order valence-electron chi connectivity index (χ1n) is 9.36. The highest BCUT2D eigenvalue weighted by molar-refractivity contribution is 7.93. The van der Waals surface area contributed by atoms with Gasteiger partial charge in [-0.2, -0.15) is 21.6 Å². The fourth-order valence-electron chi connectivity index (χ4n) is 3.43. The van der Waals surface area contributed by atoms with Gasteiger partial charge in [0.2, 0.25) is 0 Å². The Kier molecular flexibility index (Phi) is 6.60. The van der Waals surface area contributed by atoms with Crippen molar-refractivity contribution >= 4 is 43.6 Å². The van der Waals surface area contributed by atoms with E-state index in [2.05, 4.69) is 25.3 Å². The van der Waals surface area contributed by atoms with E-state index in [1.54, 1.807) is 10.8 Å². The molecule has 0 saturated carbocycles. The molecule has 1 aromatic carbocycles. The molecule has 0 amide bonds. The summed E-state index contributed by atoms with van der Waals surface area (Å²) in [6.07, 6.45) is 3.31. The fourth-order valence-corrected chi connectivity index (χ4v) is 4.37. The number of anilines is 2. The molecule has 0 atom stereocenters. The Morgan fingerprint density at radius 1 is 1.27 bits per heavy atom. The number of azo groups is 1. The van der Waals surface area contributed by atoms with Crippen LogP contribution in [0, 0.1) is 0 Å². The lowest BCUT2D eigenvalue weighted by Gasteiger charge is -2.38. The first-order chi connectivity index (χ1) is 14.2. The number of halogens is 3. The van der Waals surface area contributed by atoms with Crippen LogP contribution in [-0.4, -0.2) is 36.7 Å². The molecule has 13 heteroatoms. The van der Waals surface area contributed by atoms with Gasteiger partial charge in [-0.15, -0.1) is 20.4 Å². The summed E-state index contributed by atoms with van der Waals surface area (Å²) in [5, 5.41) is 15.3. The van der Waals surface area contributed by atoms with E-state index in [1.807, 2.05) is 13.8 Å². The van der Waals surface area contributed by atoms with Crippen molar-refractivity contribution in [1.29, 1.82) is 0 Å². The quantitative estimate of drug-likeness (QED) is 0.573. The number of hydrogen-bond acceptors (Lipinski definition) is 8. The molecule has 0 aliphatic carbocycles. The second-order valence-corrected chi connectivity index (χ2v) is 9.22. The number of hydrogen-bond donors (Lipinski definition) is 1. The fraction of sp³-hybridized carbons (Fsp3) is 0.529. The van der Waals surface area contributed by atoms with E-state index in [-0.39, 0.29) is 22.5 Å². The number of alkyl halides is 3. The monoisotopic (exact) mass is 462 g/mol. The number of rotatable bonds is 7.